The average molecular weight is 543 g/mol. The number of hydrogen-bond donors (Lipinski definition) is 3. The fraction of sp³-hybridized carbons (Fsp3) is 0.467. The highest BCUT2D eigenvalue weighted by molar-refractivity contribution is 5.91. The third kappa shape index (κ3) is 6.64. The van der Waals surface area contributed by atoms with Crippen molar-refractivity contribution in [2.45, 2.75) is 70.4 Å². The molecule has 1 unspecified atom stereocenters. The molecule has 1 atom stereocenters. The maximum Gasteiger partial charge on any atom is 0.246 e. The van der Waals surface area contributed by atoms with Gasteiger partial charge in [0.25, 0.3) is 0 Å². The highest BCUT2D eigenvalue weighted by atomic mass is 19.2. The SMILES string of the molecule is CC=c1[nH]cc(C2CCC(NC(C(N)=O)C3CCN(C(=O)C=Cc4cc(F)c(F)c(F)c4)CC3)CC2)c1=CC. The number of rotatable bonds is 7. The molecule has 1 aliphatic heterocycles. The zero-order valence-corrected chi connectivity index (χ0v) is 22.5. The second kappa shape index (κ2) is 12.7. The van der Waals surface area contributed by atoms with E-state index >= 15 is 0 Å². The number of carbonyl (C=O) groups excluding carboxylic acids is 2. The predicted octanol–water partition coefficient (Wildman–Crippen LogP) is 3.45. The molecule has 2 amide bonds. The minimum atomic E-state index is -1.54. The molecule has 1 aromatic carbocycles. The molecule has 9 heteroatoms. The number of primary amides is 1. The molecule has 2 fully saturated rings. The van der Waals surface area contributed by atoms with Crippen LogP contribution in [-0.4, -0.2) is 46.9 Å². The van der Waals surface area contributed by atoms with Crippen molar-refractivity contribution in [3.63, 3.8) is 0 Å². The average Bonchev–Trinajstić information content (AvgIpc) is 3.36. The van der Waals surface area contributed by atoms with Crippen LogP contribution in [0.5, 0.6) is 0 Å². The van der Waals surface area contributed by atoms with E-state index in [-0.39, 0.29) is 29.3 Å². The summed E-state index contributed by atoms with van der Waals surface area (Å²) in [4.78, 5) is 30.0. The molecule has 0 radical (unpaired) electrons. The Kier molecular flexibility index (Phi) is 9.32. The van der Waals surface area contributed by atoms with E-state index in [0.29, 0.717) is 31.8 Å². The van der Waals surface area contributed by atoms with Gasteiger partial charge in [-0.05, 0) is 98.8 Å². The first kappa shape index (κ1) is 28.7. The Bertz CT molecular complexity index is 1310. The molecule has 2 aromatic rings. The standard InChI is InChI=1S/C30H37F3N4O2/c1-3-22-23(17-35-26(22)4-2)19-6-8-21(9-7-19)36-29(30(34)39)20-11-13-37(14-12-20)27(38)10-5-18-15-24(31)28(33)25(32)16-18/h3-5,10,15-17,19-21,29,35-36H,6-9,11-14H2,1-2H3,(H2,34,39). The Morgan fingerprint density at radius 2 is 1.67 bits per heavy atom. The van der Waals surface area contributed by atoms with Gasteiger partial charge in [-0.1, -0.05) is 12.2 Å². The van der Waals surface area contributed by atoms with E-state index in [9.17, 15) is 22.8 Å². The lowest BCUT2D eigenvalue weighted by molar-refractivity contribution is -0.128. The molecular formula is C30H37F3N4O2. The Morgan fingerprint density at radius 3 is 2.23 bits per heavy atom. The number of H-pyrrole nitrogens is 1. The van der Waals surface area contributed by atoms with Crippen molar-refractivity contribution in [2.75, 3.05) is 13.1 Å². The van der Waals surface area contributed by atoms with Crippen LogP contribution in [-0.2, 0) is 9.59 Å². The third-order valence-electron chi connectivity index (χ3n) is 8.20. The number of nitrogens with zero attached hydrogens (tertiary/aromatic N) is 1. The molecule has 4 rings (SSSR count). The Balaban J connectivity index is 1.30. The van der Waals surface area contributed by atoms with Crippen molar-refractivity contribution in [3.8, 4) is 0 Å². The maximum absolute atomic E-state index is 13.4. The second-order valence-electron chi connectivity index (χ2n) is 10.5. The van der Waals surface area contributed by atoms with Gasteiger partial charge in [0.2, 0.25) is 11.8 Å². The zero-order chi connectivity index (χ0) is 28.1. The summed E-state index contributed by atoms with van der Waals surface area (Å²) in [5.41, 5.74) is 7.23. The van der Waals surface area contributed by atoms with Gasteiger partial charge in [-0.15, -0.1) is 0 Å². The van der Waals surface area contributed by atoms with E-state index in [1.807, 2.05) is 6.92 Å². The third-order valence-corrected chi connectivity index (χ3v) is 8.20. The lowest BCUT2D eigenvalue weighted by atomic mass is 9.81. The van der Waals surface area contributed by atoms with Crippen LogP contribution in [0.15, 0.2) is 24.4 Å². The molecule has 4 N–H and O–H groups in total. The number of amides is 2. The number of nitrogens with two attached hydrogens (primary N) is 1. The fourth-order valence-electron chi connectivity index (χ4n) is 6.04. The summed E-state index contributed by atoms with van der Waals surface area (Å²) in [7, 11) is 0. The summed E-state index contributed by atoms with van der Waals surface area (Å²) in [6.45, 7) is 4.98. The predicted molar refractivity (Wildman–Crippen MR) is 146 cm³/mol. The zero-order valence-electron chi connectivity index (χ0n) is 22.5. The van der Waals surface area contributed by atoms with Crippen LogP contribution < -0.4 is 21.6 Å². The molecule has 1 saturated carbocycles. The van der Waals surface area contributed by atoms with Gasteiger partial charge in [0, 0.05) is 36.8 Å². The lowest BCUT2D eigenvalue weighted by Gasteiger charge is -2.38. The van der Waals surface area contributed by atoms with Crippen LogP contribution in [0.3, 0.4) is 0 Å². The first-order valence-corrected chi connectivity index (χ1v) is 13.7. The topological polar surface area (TPSA) is 91.2 Å². The van der Waals surface area contributed by atoms with Gasteiger partial charge in [0.1, 0.15) is 0 Å². The van der Waals surface area contributed by atoms with E-state index in [0.717, 1.165) is 43.2 Å². The van der Waals surface area contributed by atoms with E-state index in [4.69, 9.17) is 5.73 Å². The van der Waals surface area contributed by atoms with Crippen LogP contribution in [0.1, 0.15) is 69.4 Å². The number of aromatic nitrogens is 1. The van der Waals surface area contributed by atoms with Gasteiger partial charge in [-0.3, -0.25) is 9.59 Å². The van der Waals surface area contributed by atoms with Crippen molar-refractivity contribution < 1.29 is 22.8 Å². The van der Waals surface area contributed by atoms with E-state index in [1.54, 1.807) is 4.90 Å². The van der Waals surface area contributed by atoms with E-state index in [2.05, 4.69) is 35.6 Å². The number of likely N-dealkylation sites (tertiary alicyclic amines) is 1. The molecule has 2 heterocycles. The van der Waals surface area contributed by atoms with Crippen LogP contribution in [0.2, 0.25) is 0 Å². The molecule has 39 heavy (non-hydrogen) atoms. The Labute approximate surface area is 226 Å². The van der Waals surface area contributed by atoms with Gasteiger partial charge in [0.15, 0.2) is 17.5 Å². The molecule has 0 spiro atoms. The monoisotopic (exact) mass is 542 g/mol. The summed E-state index contributed by atoms with van der Waals surface area (Å²) in [6, 6.07) is 1.43. The molecule has 6 nitrogen and oxygen atoms in total. The summed E-state index contributed by atoms with van der Waals surface area (Å²) in [6.07, 6.45) is 14.1. The fourth-order valence-corrected chi connectivity index (χ4v) is 6.04. The summed E-state index contributed by atoms with van der Waals surface area (Å²) in [5.74, 6) is -4.34. The van der Waals surface area contributed by atoms with Crippen molar-refractivity contribution in [2.24, 2.45) is 11.7 Å². The summed E-state index contributed by atoms with van der Waals surface area (Å²) < 4.78 is 40.0. The lowest BCUT2D eigenvalue weighted by Crippen LogP contribution is -2.54. The van der Waals surface area contributed by atoms with Crippen molar-refractivity contribution >= 4 is 30.0 Å². The van der Waals surface area contributed by atoms with Gasteiger partial charge < -0.3 is 20.9 Å². The summed E-state index contributed by atoms with van der Waals surface area (Å²) in [5, 5.41) is 5.96. The first-order valence-electron chi connectivity index (χ1n) is 13.7. The number of piperidine rings is 1. The molecule has 1 aromatic heterocycles. The van der Waals surface area contributed by atoms with Crippen LogP contribution in [0, 0.1) is 23.4 Å². The molecule has 2 aliphatic rings. The second-order valence-corrected chi connectivity index (χ2v) is 10.5. The van der Waals surface area contributed by atoms with Crippen molar-refractivity contribution in [1.82, 2.24) is 15.2 Å². The number of aromatic amines is 1. The smallest absolute Gasteiger partial charge is 0.246 e. The Morgan fingerprint density at radius 1 is 1.03 bits per heavy atom. The normalized spacial score (nSPS) is 22.5. The maximum atomic E-state index is 13.4. The van der Waals surface area contributed by atoms with Crippen molar-refractivity contribution in [1.29, 1.82) is 0 Å². The van der Waals surface area contributed by atoms with Gasteiger partial charge >= 0.3 is 0 Å². The van der Waals surface area contributed by atoms with Crippen LogP contribution in [0.4, 0.5) is 13.2 Å². The van der Waals surface area contributed by atoms with Gasteiger partial charge in [-0.2, -0.15) is 0 Å². The Hall–Kier alpha value is -3.33. The summed E-state index contributed by atoms with van der Waals surface area (Å²) >= 11 is 0. The molecule has 0 bridgehead atoms. The number of nitrogens with one attached hydrogen (secondary N) is 2. The quantitative estimate of drug-likeness (QED) is 0.370. The number of carbonyl (C=O) groups is 2. The molecular weight excluding hydrogens is 505 g/mol. The first-order chi connectivity index (χ1) is 18.7. The highest BCUT2D eigenvalue weighted by Gasteiger charge is 2.34. The number of benzene rings is 1. The minimum absolute atomic E-state index is 0.0159. The minimum Gasteiger partial charge on any atom is -0.368 e. The van der Waals surface area contributed by atoms with Gasteiger partial charge in [-0.25, -0.2) is 13.2 Å². The molecule has 1 aliphatic carbocycles. The largest absolute Gasteiger partial charge is 0.368 e. The van der Waals surface area contributed by atoms with Gasteiger partial charge in [0.05, 0.1) is 6.04 Å². The molecule has 1 saturated heterocycles. The highest BCUT2D eigenvalue weighted by Crippen LogP contribution is 2.32. The number of halogens is 3. The van der Waals surface area contributed by atoms with E-state index < -0.39 is 23.5 Å². The number of hydrogen-bond acceptors (Lipinski definition) is 3. The molecule has 210 valence electrons. The van der Waals surface area contributed by atoms with Crippen molar-refractivity contribution in [3.05, 3.63) is 63.6 Å². The van der Waals surface area contributed by atoms with Crippen LogP contribution >= 0.6 is 0 Å². The van der Waals surface area contributed by atoms with E-state index in [1.165, 1.54) is 22.9 Å². The van der Waals surface area contributed by atoms with Crippen LogP contribution in [0.25, 0.3) is 18.2 Å².